The molecule has 7 heteroatoms. The molecule has 1 N–H and O–H groups in total. The number of amides is 1. The zero-order valence-corrected chi connectivity index (χ0v) is 14.7. The van der Waals surface area contributed by atoms with E-state index in [-0.39, 0.29) is 12.5 Å². The van der Waals surface area contributed by atoms with Crippen LogP contribution in [0.3, 0.4) is 0 Å². The van der Waals surface area contributed by atoms with Crippen LogP contribution in [0.15, 0.2) is 30.3 Å². The number of rotatable bonds is 6. The molecule has 1 heterocycles. The predicted molar refractivity (Wildman–Crippen MR) is 89.8 cm³/mol. The van der Waals surface area contributed by atoms with Crippen molar-refractivity contribution in [2.75, 3.05) is 52.6 Å². The van der Waals surface area contributed by atoms with Crippen LogP contribution < -0.4 is 4.90 Å². The summed E-state index contributed by atoms with van der Waals surface area (Å²) in [6.45, 7) is 3.48. The summed E-state index contributed by atoms with van der Waals surface area (Å²) >= 11 is 0. The van der Waals surface area contributed by atoms with Crippen molar-refractivity contribution in [3.05, 3.63) is 35.9 Å². The maximum atomic E-state index is 12.4. The van der Waals surface area contributed by atoms with Crippen molar-refractivity contribution in [3.8, 4) is 0 Å². The topological polar surface area (TPSA) is 62.1 Å². The molecule has 0 aliphatic carbocycles. The van der Waals surface area contributed by atoms with Gasteiger partial charge in [-0.3, -0.25) is 4.79 Å². The highest BCUT2D eigenvalue weighted by Crippen LogP contribution is 2.06. The number of carbonyl (C=O) groups excluding carboxylic acids is 1. The van der Waals surface area contributed by atoms with E-state index >= 15 is 0 Å². The van der Waals surface area contributed by atoms with Gasteiger partial charge in [-0.05, 0) is 12.0 Å². The molecule has 1 aliphatic heterocycles. The van der Waals surface area contributed by atoms with Crippen LogP contribution in [0.25, 0.3) is 0 Å². The highest BCUT2D eigenvalue weighted by Gasteiger charge is 2.26. The molecule has 0 radical (unpaired) electrons. The third-order valence-electron chi connectivity index (χ3n) is 4.24. The number of nitrogens with zero attached hydrogens (tertiary/aromatic N) is 2. The first-order valence-electron chi connectivity index (χ1n) is 7.94. The van der Waals surface area contributed by atoms with Gasteiger partial charge in [0.15, 0.2) is 0 Å². The summed E-state index contributed by atoms with van der Waals surface area (Å²) in [5, 5.41) is 0. The van der Waals surface area contributed by atoms with E-state index in [9.17, 15) is 13.2 Å². The largest absolute Gasteiger partial charge is 0.334 e. The average molecular weight is 340 g/mol. The molecule has 0 aromatic heterocycles. The molecule has 0 saturated carbocycles. The van der Waals surface area contributed by atoms with Crippen LogP contribution in [-0.4, -0.2) is 76.1 Å². The van der Waals surface area contributed by atoms with Crippen molar-refractivity contribution < 1.29 is 18.1 Å². The lowest BCUT2D eigenvalue weighted by Crippen LogP contribution is -3.12. The highest BCUT2D eigenvalue weighted by molar-refractivity contribution is 7.88. The van der Waals surface area contributed by atoms with E-state index in [4.69, 9.17) is 0 Å². The molecular formula is C16H26N3O3S+. The fourth-order valence-corrected chi connectivity index (χ4v) is 3.42. The average Bonchev–Trinajstić information content (AvgIpc) is 2.51. The van der Waals surface area contributed by atoms with Crippen molar-refractivity contribution in [2.24, 2.45) is 0 Å². The van der Waals surface area contributed by atoms with Gasteiger partial charge in [-0.25, -0.2) is 8.42 Å². The summed E-state index contributed by atoms with van der Waals surface area (Å²) in [5.41, 5.74) is 1.07. The number of benzene rings is 1. The van der Waals surface area contributed by atoms with Gasteiger partial charge in [-0.15, -0.1) is 0 Å². The number of sulfonamides is 1. The number of quaternary nitrogens is 1. The van der Waals surface area contributed by atoms with Gasteiger partial charge >= 0.3 is 0 Å². The van der Waals surface area contributed by atoms with E-state index in [1.807, 2.05) is 30.3 Å². The Morgan fingerprint density at radius 2 is 1.83 bits per heavy atom. The molecule has 1 aromatic carbocycles. The minimum atomic E-state index is -3.40. The molecule has 128 valence electrons. The number of hydrogen-bond acceptors (Lipinski definition) is 3. The van der Waals surface area contributed by atoms with Crippen LogP contribution >= 0.6 is 0 Å². The lowest BCUT2D eigenvalue weighted by molar-refractivity contribution is -0.883. The first-order chi connectivity index (χ1) is 10.9. The summed E-state index contributed by atoms with van der Waals surface area (Å²) in [4.78, 5) is 15.6. The SMILES string of the molecule is C[NH+]1CCN(C(=O)CN(CCc2ccccc2)S(C)(=O)=O)CC1. The van der Waals surface area contributed by atoms with Crippen LogP contribution in [0.4, 0.5) is 0 Å². The quantitative estimate of drug-likeness (QED) is 0.711. The Morgan fingerprint density at radius 3 is 2.39 bits per heavy atom. The molecule has 6 nitrogen and oxygen atoms in total. The highest BCUT2D eigenvalue weighted by atomic mass is 32.2. The molecule has 0 unspecified atom stereocenters. The van der Waals surface area contributed by atoms with E-state index in [1.54, 1.807) is 4.90 Å². The molecule has 1 fully saturated rings. The van der Waals surface area contributed by atoms with Crippen molar-refractivity contribution in [2.45, 2.75) is 6.42 Å². The number of hydrogen-bond donors (Lipinski definition) is 1. The number of likely N-dealkylation sites (N-methyl/N-ethyl adjacent to an activating group) is 1. The molecule has 23 heavy (non-hydrogen) atoms. The maximum Gasteiger partial charge on any atom is 0.238 e. The van der Waals surface area contributed by atoms with Gasteiger partial charge < -0.3 is 9.80 Å². The van der Waals surface area contributed by atoms with E-state index in [0.717, 1.165) is 18.7 Å². The smallest absolute Gasteiger partial charge is 0.238 e. The van der Waals surface area contributed by atoms with E-state index in [0.29, 0.717) is 26.1 Å². The molecule has 1 aromatic rings. The fourth-order valence-electron chi connectivity index (χ4n) is 2.65. The Kier molecular flexibility index (Phi) is 6.15. The lowest BCUT2D eigenvalue weighted by Gasteiger charge is -2.31. The number of carbonyl (C=O) groups is 1. The summed E-state index contributed by atoms with van der Waals surface area (Å²) in [5.74, 6) is -0.101. The van der Waals surface area contributed by atoms with Gasteiger partial charge in [-0.1, -0.05) is 30.3 Å². The first-order valence-corrected chi connectivity index (χ1v) is 9.79. The minimum Gasteiger partial charge on any atom is -0.334 e. The third kappa shape index (κ3) is 5.60. The second-order valence-corrected chi connectivity index (χ2v) is 8.15. The van der Waals surface area contributed by atoms with Crippen molar-refractivity contribution in [1.82, 2.24) is 9.21 Å². The summed E-state index contributed by atoms with van der Waals surface area (Å²) in [6, 6.07) is 9.71. The molecule has 0 bridgehead atoms. The van der Waals surface area contributed by atoms with E-state index < -0.39 is 10.0 Å². The van der Waals surface area contributed by atoms with Gasteiger partial charge in [0.05, 0.1) is 46.0 Å². The minimum absolute atomic E-state index is 0.0648. The standard InChI is InChI=1S/C16H25N3O3S/c1-17-10-12-18(13-11-17)16(20)14-19(23(2,21)22)9-8-15-6-4-3-5-7-15/h3-7H,8-14H2,1-2H3/p+1. The van der Waals surface area contributed by atoms with Crippen LogP contribution in [0.5, 0.6) is 0 Å². The molecule has 1 saturated heterocycles. The van der Waals surface area contributed by atoms with E-state index in [1.165, 1.54) is 15.5 Å². The Labute approximate surface area is 138 Å². The van der Waals surface area contributed by atoms with Crippen molar-refractivity contribution >= 4 is 15.9 Å². The van der Waals surface area contributed by atoms with Crippen LogP contribution in [0.2, 0.25) is 0 Å². The number of piperazine rings is 1. The van der Waals surface area contributed by atoms with Gasteiger partial charge in [0.1, 0.15) is 0 Å². The molecule has 2 rings (SSSR count). The van der Waals surface area contributed by atoms with Crippen LogP contribution in [0.1, 0.15) is 5.56 Å². The van der Waals surface area contributed by atoms with Crippen molar-refractivity contribution in [3.63, 3.8) is 0 Å². The Bertz CT molecular complexity index is 611. The second-order valence-electron chi connectivity index (χ2n) is 6.17. The molecule has 0 atom stereocenters. The first kappa shape index (κ1) is 17.9. The van der Waals surface area contributed by atoms with Crippen LogP contribution in [0, 0.1) is 0 Å². The summed E-state index contributed by atoms with van der Waals surface area (Å²) in [6.07, 6.45) is 1.77. The molecule has 1 aliphatic rings. The zero-order chi connectivity index (χ0) is 16.9. The molecular weight excluding hydrogens is 314 g/mol. The third-order valence-corrected chi connectivity index (χ3v) is 5.49. The van der Waals surface area contributed by atoms with Gasteiger partial charge in [-0.2, -0.15) is 4.31 Å². The Balaban J connectivity index is 1.95. The molecule has 1 amide bonds. The summed E-state index contributed by atoms with van der Waals surface area (Å²) < 4.78 is 25.2. The normalized spacial score (nSPS) is 16.7. The lowest BCUT2D eigenvalue weighted by atomic mass is 10.1. The monoisotopic (exact) mass is 340 g/mol. The number of nitrogens with one attached hydrogen (secondary N) is 1. The van der Waals surface area contributed by atoms with Crippen LogP contribution in [-0.2, 0) is 21.2 Å². The fraction of sp³-hybridized carbons (Fsp3) is 0.562. The summed E-state index contributed by atoms with van der Waals surface area (Å²) in [7, 11) is -1.30. The van der Waals surface area contributed by atoms with E-state index in [2.05, 4.69) is 7.05 Å². The van der Waals surface area contributed by atoms with Gasteiger partial charge in [0.25, 0.3) is 0 Å². The second kappa shape index (κ2) is 7.90. The molecule has 0 spiro atoms. The van der Waals surface area contributed by atoms with Crippen molar-refractivity contribution in [1.29, 1.82) is 0 Å². The maximum absolute atomic E-state index is 12.4. The van der Waals surface area contributed by atoms with Gasteiger partial charge in [0.2, 0.25) is 15.9 Å². The van der Waals surface area contributed by atoms with Gasteiger partial charge in [0, 0.05) is 6.54 Å². The zero-order valence-electron chi connectivity index (χ0n) is 13.9. The Hall–Kier alpha value is -1.44. The predicted octanol–water partition coefficient (Wildman–Crippen LogP) is -1.15. The Morgan fingerprint density at radius 1 is 1.22 bits per heavy atom.